The third-order valence-corrected chi connectivity index (χ3v) is 7.49. The number of anilines is 1. The maximum atomic E-state index is 12.8. The molecule has 2 aliphatic rings. The van der Waals surface area contributed by atoms with Crippen LogP contribution < -0.4 is 15.0 Å². The molecule has 0 aliphatic carbocycles. The van der Waals surface area contributed by atoms with Gasteiger partial charge in [-0.3, -0.25) is 9.69 Å². The van der Waals surface area contributed by atoms with E-state index in [9.17, 15) is 4.79 Å². The van der Waals surface area contributed by atoms with Gasteiger partial charge in [-0.15, -0.1) is 0 Å². The fourth-order valence-corrected chi connectivity index (χ4v) is 5.18. The minimum Gasteiger partial charge on any atom is -0.490 e. The van der Waals surface area contributed by atoms with Crippen LogP contribution in [0.5, 0.6) is 5.75 Å². The second kappa shape index (κ2) is 12.4. The first-order valence-corrected chi connectivity index (χ1v) is 13.5. The summed E-state index contributed by atoms with van der Waals surface area (Å²) in [6.45, 7) is 4.41. The number of likely N-dealkylation sites (tertiary alicyclic amines) is 1. The lowest BCUT2D eigenvalue weighted by Crippen LogP contribution is -2.44. The van der Waals surface area contributed by atoms with Gasteiger partial charge in [-0.2, -0.15) is 10.5 Å². The van der Waals surface area contributed by atoms with E-state index in [0.717, 1.165) is 69.8 Å². The zero-order chi connectivity index (χ0) is 27.0. The number of piperidine rings is 2. The highest BCUT2D eigenvalue weighted by atomic mass is 16.5. The maximum Gasteiger partial charge on any atom is 0.270 e. The molecule has 0 unspecified atom stereocenters. The normalized spacial score (nSPS) is 16.7. The molecule has 2 aromatic carbocycles. The van der Waals surface area contributed by atoms with Gasteiger partial charge in [-0.25, -0.2) is 4.98 Å². The van der Waals surface area contributed by atoms with Gasteiger partial charge < -0.3 is 15.0 Å². The van der Waals surface area contributed by atoms with Crippen molar-refractivity contribution in [2.75, 3.05) is 31.1 Å². The number of rotatable bonds is 7. The van der Waals surface area contributed by atoms with Crippen LogP contribution in [0.1, 0.15) is 52.9 Å². The fraction of sp³-hybridized carbons (Fsp3) is 0.355. The largest absolute Gasteiger partial charge is 0.490 e. The lowest BCUT2D eigenvalue weighted by Gasteiger charge is -2.33. The summed E-state index contributed by atoms with van der Waals surface area (Å²) in [7, 11) is 0. The number of pyridine rings is 1. The molecule has 0 saturated carbocycles. The van der Waals surface area contributed by atoms with E-state index < -0.39 is 0 Å². The van der Waals surface area contributed by atoms with E-state index in [2.05, 4.69) is 32.2 Å². The van der Waals surface area contributed by atoms with Crippen LogP contribution in [0.3, 0.4) is 0 Å². The second-order valence-corrected chi connectivity index (χ2v) is 10.2. The third-order valence-electron chi connectivity index (χ3n) is 7.49. The molecule has 2 saturated heterocycles. The Morgan fingerprint density at radius 2 is 1.51 bits per heavy atom. The van der Waals surface area contributed by atoms with Crippen molar-refractivity contribution < 1.29 is 9.53 Å². The quantitative estimate of drug-likeness (QED) is 0.496. The van der Waals surface area contributed by atoms with E-state index >= 15 is 0 Å². The molecule has 5 rings (SSSR count). The van der Waals surface area contributed by atoms with Crippen molar-refractivity contribution in [2.45, 2.75) is 44.4 Å². The molecule has 8 nitrogen and oxygen atoms in total. The molecule has 1 amide bonds. The Morgan fingerprint density at radius 3 is 2.10 bits per heavy atom. The summed E-state index contributed by atoms with van der Waals surface area (Å²) >= 11 is 0. The summed E-state index contributed by atoms with van der Waals surface area (Å²) in [6.07, 6.45) is 5.52. The Morgan fingerprint density at radius 1 is 0.872 bits per heavy atom. The van der Waals surface area contributed by atoms with Gasteiger partial charge in [0.25, 0.3) is 5.91 Å². The van der Waals surface area contributed by atoms with Crippen LogP contribution in [-0.4, -0.2) is 54.1 Å². The Balaban J connectivity index is 1.05. The van der Waals surface area contributed by atoms with Gasteiger partial charge in [0.15, 0.2) is 0 Å². The number of hydrogen-bond acceptors (Lipinski definition) is 7. The molecule has 0 radical (unpaired) electrons. The van der Waals surface area contributed by atoms with Crippen LogP contribution in [-0.2, 0) is 6.54 Å². The zero-order valence-electron chi connectivity index (χ0n) is 21.9. The highest BCUT2D eigenvalue weighted by Crippen LogP contribution is 2.23. The molecule has 198 valence electrons. The number of aromatic nitrogens is 1. The summed E-state index contributed by atoms with van der Waals surface area (Å²) < 4.78 is 6.09. The van der Waals surface area contributed by atoms with Gasteiger partial charge in [-0.05, 0) is 66.9 Å². The van der Waals surface area contributed by atoms with Gasteiger partial charge >= 0.3 is 0 Å². The average Bonchev–Trinajstić information content (AvgIpc) is 2.99. The first-order chi connectivity index (χ1) is 19.1. The van der Waals surface area contributed by atoms with Crippen molar-refractivity contribution in [3.63, 3.8) is 0 Å². The topological polar surface area (TPSA) is 105 Å². The molecule has 2 aliphatic heterocycles. The van der Waals surface area contributed by atoms with E-state index in [1.807, 2.05) is 48.5 Å². The number of hydrogen-bond donors (Lipinski definition) is 1. The first-order valence-electron chi connectivity index (χ1n) is 13.5. The fourth-order valence-electron chi connectivity index (χ4n) is 5.18. The number of carbonyl (C=O) groups excluding carboxylic acids is 1. The van der Waals surface area contributed by atoms with Crippen molar-refractivity contribution in [3.05, 3.63) is 89.2 Å². The highest BCUT2D eigenvalue weighted by Gasteiger charge is 2.23. The predicted octanol–water partition coefficient (Wildman–Crippen LogP) is 4.27. The summed E-state index contributed by atoms with van der Waals surface area (Å²) in [5.41, 5.74) is 3.96. The van der Waals surface area contributed by atoms with Gasteiger partial charge in [-0.1, -0.05) is 12.1 Å². The van der Waals surface area contributed by atoms with Crippen LogP contribution in [0.25, 0.3) is 0 Å². The van der Waals surface area contributed by atoms with Crippen molar-refractivity contribution in [1.29, 1.82) is 10.5 Å². The molecular weight excluding hydrogens is 488 g/mol. The number of carbonyl (C=O) groups is 1. The molecule has 0 spiro atoms. The maximum absolute atomic E-state index is 12.8. The van der Waals surface area contributed by atoms with Gasteiger partial charge in [0, 0.05) is 51.6 Å². The zero-order valence-corrected chi connectivity index (χ0v) is 21.9. The Bertz CT molecular complexity index is 1330. The van der Waals surface area contributed by atoms with Crippen molar-refractivity contribution in [2.24, 2.45) is 0 Å². The molecule has 39 heavy (non-hydrogen) atoms. The van der Waals surface area contributed by atoms with Crippen LogP contribution >= 0.6 is 0 Å². The highest BCUT2D eigenvalue weighted by molar-refractivity contribution is 5.92. The summed E-state index contributed by atoms with van der Waals surface area (Å²) in [5, 5.41) is 21.1. The minimum absolute atomic E-state index is 0.124. The van der Waals surface area contributed by atoms with Gasteiger partial charge in [0.2, 0.25) is 0 Å². The molecule has 1 N–H and O–H groups in total. The number of benzene rings is 2. The van der Waals surface area contributed by atoms with E-state index in [1.165, 1.54) is 5.56 Å². The number of ether oxygens (including phenoxy) is 1. The Labute approximate surface area is 229 Å². The molecule has 2 fully saturated rings. The standard InChI is InChI=1S/C31H32N6O2/c32-19-23-1-3-25(4-2-23)22-36-15-11-26(12-16-36)35-31(38)30-10-7-27(21-34-30)37-17-13-29(14-18-37)39-28-8-5-24(20-33)6-9-28/h1-10,21,26,29H,11-18,22H2,(H,35,38). The van der Waals surface area contributed by atoms with Gasteiger partial charge in [0.1, 0.15) is 17.5 Å². The Kier molecular flexibility index (Phi) is 8.36. The predicted molar refractivity (Wildman–Crippen MR) is 148 cm³/mol. The molecule has 0 bridgehead atoms. The molecular formula is C31H32N6O2. The molecule has 0 atom stereocenters. The van der Waals surface area contributed by atoms with Crippen molar-refractivity contribution in [3.8, 4) is 17.9 Å². The van der Waals surface area contributed by atoms with Crippen LogP contribution in [0.15, 0.2) is 66.9 Å². The SMILES string of the molecule is N#Cc1ccc(CN2CCC(NC(=O)c3ccc(N4CCC(Oc5ccc(C#N)cc5)CC4)cn3)CC2)cc1. The molecule has 8 heteroatoms. The van der Waals surface area contributed by atoms with Crippen LogP contribution in [0.4, 0.5) is 5.69 Å². The monoisotopic (exact) mass is 520 g/mol. The van der Waals surface area contributed by atoms with Crippen LogP contribution in [0.2, 0.25) is 0 Å². The summed E-state index contributed by atoms with van der Waals surface area (Å²) in [5.74, 6) is 0.670. The van der Waals surface area contributed by atoms with Crippen molar-refractivity contribution in [1.82, 2.24) is 15.2 Å². The number of nitriles is 2. The van der Waals surface area contributed by atoms with E-state index in [0.29, 0.717) is 16.8 Å². The molecule has 1 aromatic heterocycles. The smallest absolute Gasteiger partial charge is 0.270 e. The minimum atomic E-state index is -0.124. The lowest BCUT2D eigenvalue weighted by molar-refractivity contribution is 0.0904. The molecule has 3 heterocycles. The number of nitrogens with one attached hydrogen (secondary N) is 1. The van der Waals surface area contributed by atoms with E-state index in [4.69, 9.17) is 15.3 Å². The summed E-state index contributed by atoms with van der Waals surface area (Å²) in [6, 6.07) is 23.2. The van der Waals surface area contributed by atoms with E-state index in [1.54, 1.807) is 18.3 Å². The average molecular weight is 521 g/mol. The summed E-state index contributed by atoms with van der Waals surface area (Å²) in [4.78, 5) is 22.0. The molecule has 3 aromatic rings. The van der Waals surface area contributed by atoms with Crippen LogP contribution in [0, 0.1) is 22.7 Å². The third kappa shape index (κ3) is 6.93. The number of amides is 1. The van der Waals surface area contributed by atoms with E-state index in [-0.39, 0.29) is 18.1 Å². The van der Waals surface area contributed by atoms with Crippen molar-refractivity contribution >= 4 is 11.6 Å². The first kappa shape index (κ1) is 26.2. The van der Waals surface area contributed by atoms with Gasteiger partial charge in [0.05, 0.1) is 35.1 Å². The number of nitrogens with zero attached hydrogens (tertiary/aromatic N) is 5. The second-order valence-electron chi connectivity index (χ2n) is 10.2. The Hall–Kier alpha value is -4.40. The lowest BCUT2D eigenvalue weighted by atomic mass is 10.0.